The van der Waals surface area contributed by atoms with Crippen LogP contribution in [-0.4, -0.2) is 55.9 Å². The normalized spacial score (nSPS) is 16.2. The van der Waals surface area contributed by atoms with E-state index in [1.54, 1.807) is 6.33 Å². The zero-order chi connectivity index (χ0) is 19.3. The highest BCUT2D eigenvalue weighted by Crippen LogP contribution is 2.33. The number of hydrogen-bond acceptors (Lipinski definition) is 5. The van der Waals surface area contributed by atoms with Gasteiger partial charge in [0, 0.05) is 24.8 Å². The second-order valence-corrected chi connectivity index (χ2v) is 7.80. The number of piperidine rings is 1. The molecule has 0 aliphatic carbocycles. The molecule has 0 amide bonds. The van der Waals surface area contributed by atoms with Crippen molar-refractivity contribution in [3.63, 3.8) is 0 Å². The minimum absolute atomic E-state index is 0.236. The lowest BCUT2D eigenvalue weighted by Gasteiger charge is -2.28. The van der Waals surface area contributed by atoms with Gasteiger partial charge < -0.3 is 9.64 Å². The summed E-state index contributed by atoms with van der Waals surface area (Å²) in [7, 11) is 2.16. The van der Waals surface area contributed by atoms with Gasteiger partial charge in [0.05, 0.1) is 10.9 Å². The van der Waals surface area contributed by atoms with E-state index >= 15 is 0 Å². The van der Waals surface area contributed by atoms with Crippen molar-refractivity contribution < 1.29 is 4.74 Å². The van der Waals surface area contributed by atoms with E-state index in [1.165, 1.54) is 5.56 Å². The first-order valence-electron chi connectivity index (χ1n) is 9.73. The highest BCUT2D eigenvalue weighted by Gasteiger charge is 2.20. The lowest BCUT2D eigenvalue weighted by atomic mass is 9.99. The molecule has 7 heteroatoms. The Bertz CT molecular complexity index is 1150. The fraction of sp³-hybridized carbons (Fsp3) is 0.381. The Morgan fingerprint density at radius 3 is 2.75 bits per heavy atom. The summed E-state index contributed by atoms with van der Waals surface area (Å²) in [6.07, 6.45) is 5.93. The second-order valence-electron chi connectivity index (χ2n) is 7.80. The minimum atomic E-state index is 0.236. The molecule has 4 aromatic rings. The first kappa shape index (κ1) is 17.2. The van der Waals surface area contributed by atoms with Crippen LogP contribution in [0.2, 0.25) is 0 Å². The van der Waals surface area contributed by atoms with Crippen LogP contribution in [0.1, 0.15) is 24.0 Å². The van der Waals surface area contributed by atoms with Gasteiger partial charge >= 0.3 is 0 Å². The maximum atomic E-state index is 6.23. The van der Waals surface area contributed by atoms with Gasteiger partial charge in [-0.3, -0.25) is 5.10 Å². The van der Waals surface area contributed by atoms with Crippen LogP contribution in [0.25, 0.3) is 27.7 Å². The highest BCUT2D eigenvalue weighted by atomic mass is 16.5. The molecule has 1 aliphatic rings. The zero-order valence-corrected chi connectivity index (χ0v) is 16.4. The van der Waals surface area contributed by atoms with E-state index in [4.69, 9.17) is 4.74 Å². The van der Waals surface area contributed by atoms with Gasteiger partial charge in [-0.25, -0.2) is 9.50 Å². The number of benzene rings is 1. The van der Waals surface area contributed by atoms with Crippen LogP contribution in [-0.2, 0) is 0 Å². The van der Waals surface area contributed by atoms with Crippen LogP contribution in [0.3, 0.4) is 0 Å². The monoisotopic (exact) mass is 376 g/mol. The number of hydrogen-bond donors (Lipinski definition) is 1. The lowest BCUT2D eigenvalue weighted by Crippen LogP contribution is -2.35. The Labute approximate surface area is 163 Å². The van der Waals surface area contributed by atoms with Gasteiger partial charge in [-0.1, -0.05) is 0 Å². The van der Waals surface area contributed by atoms with E-state index in [0.29, 0.717) is 5.88 Å². The summed E-state index contributed by atoms with van der Waals surface area (Å²) in [6.45, 7) is 6.33. The van der Waals surface area contributed by atoms with Crippen LogP contribution in [0.15, 0.2) is 30.7 Å². The van der Waals surface area contributed by atoms with Crippen molar-refractivity contribution in [1.82, 2.24) is 29.7 Å². The standard InChI is InChI=1S/C21H24N6O/c1-13-9-18-19(24-25-21(18)28-16-4-6-26(3)7-5-16)10-17(13)15-8-14(2)20-22-12-23-27(20)11-15/h8-12,16H,4-7H2,1-3H3,(H,24,25). The predicted molar refractivity (Wildman–Crippen MR) is 109 cm³/mol. The maximum Gasteiger partial charge on any atom is 0.240 e. The predicted octanol–water partition coefficient (Wildman–Crippen LogP) is 3.36. The van der Waals surface area contributed by atoms with Crippen molar-refractivity contribution in [2.75, 3.05) is 20.1 Å². The van der Waals surface area contributed by atoms with Crippen LogP contribution < -0.4 is 4.74 Å². The number of likely N-dealkylation sites (tertiary alicyclic amines) is 1. The second kappa shape index (κ2) is 6.60. The number of nitrogens with one attached hydrogen (secondary N) is 1. The SMILES string of the molecule is Cc1cc2c(OC3CCN(C)CC3)n[nH]c2cc1-c1cc(C)c2ncnn2c1. The Morgan fingerprint density at radius 2 is 1.93 bits per heavy atom. The van der Waals surface area contributed by atoms with Gasteiger partial charge in [0.15, 0.2) is 5.65 Å². The van der Waals surface area contributed by atoms with Gasteiger partial charge in [-0.05, 0) is 68.6 Å². The summed E-state index contributed by atoms with van der Waals surface area (Å²) in [5.41, 5.74) is 6.42. The minimum Gasteiger partial charge on any atom is -0.473 e. The van der Waals surface area contributed by atoms with E-state index in [-0.39, 0.29) is 6.10 Å². The summed E-state index contributed by atoms with van der Waals surface area (Å²) in [5, 5.41) is 12.9. The van der Waals surface area contributed by atoms with Gasteiger partial charge in [0.25, 0.3) is 0 Å². The molecule has 0 bridgehead atoms. The number of aromatic amines is 1. The molecule has 1 saturated heterocycles. The molecule has 0 radical (unpaired) electrons. The van der Waals surface area contributed by atoms with Gasteiger partial charge in [0.2, 0.25) is 5.88 Å². The van der Waals surface area contributed by atoms with Crippen molar-refractivity contribution >= 4 is 16.6 Å². The van der Waals surface area contributed by atoms with Crippen LogP contribution in [0, 0.1) is 13.8 Å². The molecule has 0 spiro atoms. The third kappa shape index (κ3) is 2.92. The zero-order valence-electron chi connectivity index (χ0n) is 16.4. The smallest absolute Gasteiger partial charge is 0.240 e. The topological polar surface area (TPSA) is 71.3 Å². The van der Waals surface area contributed by atoms with Crippen molar-refractivity contribution in [2.45, 2.75) is 32.8 Å². The molecule has 1 fully saturated rings. The van der Waals surface area contributed by atoms with Gasteiger partial charge in [-0.15, -0.1) is 5.10 Å². The molecule has 7 nitrogen and oxygen atoms in total. The number of aromatic nitrogens is 5. The van der Waals surface area contributed by atoms with Crippen LogP contribution in [0.4, 0.5) is 0 Å². The van der Waals surface area contributed by atoms with Crippen LogP contribution >= 0.6 is 0 Å². The molecule has 0 unspecified atom stereocenters. The average molecular weight is 376 g/mol. The first-order valence-corrected chi connectivity index (χ1v) is 9.73. The van der Waals surface area contributed by atoms with E-state index in [0.717, 1.165) is 59.2 Å². The molecule has 144 valence electrons. The fourth-order valence-electron chi connectivity index (χ4n) is 4.05. The third-order valence-corrected chi connectivity index (χ3v) is 5.69. The molecule has 4 heterocycles. The van der Waals surface area contributed by atoms with Gasteiger partial charge in [-0.2, -0.15) is 5.10 Å². The first-order chi connectivity index (χ1) is 13.6. The molecule has 0 saturated carbocycles. The quantitative estimate of drug-likeness (QED) is 0.594. The number of nitrogens with zero attached hydrogens (tertiary/aromatic N) is 5. The number of H-pyrrole nitrogens is 1. The highest BCUT2D eigenvalue weighted by molar-refractivity contribution is 5.90. The van der Waals surface area contributed by atoms with Crippen LogP contribution in [0.5, 0.6) is 5.88 Å². The lowest BCUT2D eigenvalue weighted by molar-refractivity contribution is 0.111. The molecular weight excluding hydrogens is 352 g/mol. The van der Waals surface area contributed by atoms with E-state index in [2.05, 4.69) is 64.3 Å². The summed E-state index contributed by atoms with van der Waals surface area (Å²) >= 11 is 0. The van der Waals surface area contributed by atoms with E-state index < -0.39 is 0 Å². The molecule has 28 heavy (non-hydrogen) atoms. The maximum absolute atomic E-state index is 6.23. The summed E-state index contributed by atoms with van der Waals surface area (Å²) < 4.78 is 8.06. The summed E-state index contributed by atoms with van der Waals surface area (Å²) in [6, 6.07) is 6.47. The molecule has 5 rings (SSSR count). The summed E-state index contributed by atoms with van der Waals surface area (Å²) in [5.74, 6) is 0.710. The van der Waals surface area contributed by atoms with Crippen molar-refractivity contribution in [3.05, 3.63) is 41.9 Å². The van der Waals surface area contributed by atoms with E-state index in [9.17, 15) is 0 Å². The molecule has 1 aliphatic heterocycles. The fourth-order valence-corrected chi connectivity index (χ4v) is 4.05. The molecular formula is C21H24N6O. The number of aryl methyl sites for hydroxylation is 2. The molecule has 1 N–H and O–H groups in total. The Morgan fingerprint density at radius 1 is 1.11 bits per heavy atom. The number of fused-ring (bicyclic) bond motifs is 2. The number of pyridine rings is 1. The van der Waals surface area contributed by atoms with Crippen molar-refractivity contribution in [2.24, 2.45) is 0 Å². The molecule has 3 aromatic heterocycles. The van der Waals surface area contributed by atoms with Crippen molar-refractivity contribution in [1.29, 1.82) is 0 Å². The summed E-state index contributed by atoms with van der Waals surface area (Å²) in [4.78, 5) is 6.65. The Balaban J connectivity index is 1.50. The molecule has 1 aromatic carbocycles. The number of rotatable bonds is 3. The van der Waals surface area contributed by atoms with Crippen molar-refractivity contribution in [3.8, 4) is 17.0 Å². The van der Waals surface area contributed by atoms with Gasteiger partial charge in [0.1, 0.15) is 12.4 Å². The largest absolute Gasteiger partial charge is 0.473 e. The Hall–Kier alpha value is -2.93. The third-order valence-electron chi connectivity index (χ3n) is 5.69. The molecule has 0 atom stereocenters. The average Bonchev–Trinajstić information content (AvgIpc) is 3.30. The Kier molecular flexibility index (Phi) is 4.05. The van der Waals surface area contributed by atoms with E-state index in [1.807, 2.05) is 10.7 Å². The number of ether oxygens (including phenoxy) is 1.